The van der Waals surface area contributed by atoms with Crippen molar-refractivity contribution in [2.45, 2.75) is 256 Å². The molecule has 4 rings (SSSR count). The van der Waals surface area contributed by atoms with Gasteiger partial charge in [0.2, 0.25) is 0 Å². The summed E-state index contributed by atoms with van der Waals surface area (Å²) in [5.41, 5.74) is 3.81. The second-order valence-corrected chi connectivity index (χ2v) is 22.7. The average molecular weight is 835 g/mol. The van der Waals surface area contributed by atoms with Crippen molar-refractivity contribution in [3.05, 3.63) is 35.4 Å². The van der Waals surface area contributed by atoms with E-state index >= 15 is 0 Å². The fraction of sp³-hybridized carbons (Fsp3) is 0.769. The molecule has 0 saturated carbocycles. The zero-order chi connectivity index (χ0) is 44.2. The Labute approximate surface area is 367 Å². The summed E-state index contributed by atoms with van der Waals surface area (Å²) in [6, 6.07) is 9.27. The Kier molecular flexibility index (Phi) is 16.4. The molecule has 0 bridgehead atoms. The van der Waals surface area contributed by atoms with Gasteiger partial charge < -0.3 is 31.5 Å². The van der Waals surface area contributed by atoms with Crippen molar-refractivity contribution in [2.75, 3.05) is 10.6 Å². The number of rotatable bonds is 20. The maximum absolute atomic E-state index is 12.4. The Balaban J connectivity index is 1.88. The predicted octanol–water partition coefficient (Wildman–Crippen LogP) is 14.5. The van der Waals surface area contributed by atoms with Crippen molar-refractivity contribution in [1.82, 2.24) is 10.6 Å². The number of benzene rings is 2. The first-order valence-electron chi connectivity index (χ1n) is 24.0. The highest BCUT2D eigenvalue weighted by Crippen LogP contribution is 2.50. The van der Waals surface area contributed by atoms with Gasteiger partial charge in [-0.2, -0.15) is 0 Å². The van der Waals surface area contributed by atoms with Crippen LogP contribution >= 0.6 is 11.8 Å². The fourth-order valence-corrected chi connectivity index (χ4v) is 11.4. The van der Waals surface area contributed by atoms with Crippen LogP contribution < -0.4 is 21.3 Å². The molecular formula is C52H90N4O2S. The predicted molar refractivity (Wildman–Crippen MR) is 258 cm³/mol. The first-order chi connectivity index (χ1) is 27.5. The first kappa shape index (κ1) is 49.6. The van der Waals surface area contributed by atoms with Crippen molar-refractivity contribution in [2.24, 2.45) is 11.8 Å². The summed E-state index contributed by atoms with van der Waals surface area (Å²) in [4.78, 5) is 1.59. The molecule has 2 aliphatic heterocycles. The molecule has 7 heteroatoms. The molecule has 2 aromatic carbocycles. The van der Waals surface area contributed by atoms with E-state index < -0.39 is 0 Å². The van der Waals surface area contributed by atoms with E-state index in [2.05, 4.69) is 156 Å². The highest BCUT2D eigenvalue weighted by atomic mass is 32.2. The lowest BCUT2D eigenvalue weighted by atomic mass is 9.69. The fourth-order valence-electron chi connectivity index (χ4n) is 10.4. The lowest BCUT2D eigenvalue weighted by molar-refractivity contribution is 0.0796. The van der Waals surface area contributed by atoms with Crippen LogP contribution in [-0.4, -0.2) is 44.5 Å². The van der Waals surface area contributed by atoms with E-state index in [0.717, 1.165) is 72.5 Å². The summed E-state index contributed by atoms with van der Waals surface area (Å²) in [6.45, 7) is 37.3. The molecule has 0 aromatic heterocycles. The molecule has 6 nitrogen and oxygen atoms in total. The van der Waals surface area contributed by atoms with E-state index in [0.29, 0.717) is 11.8 Å². The molecule has 2 heterocycles. The lowest BCUT2D eigenvalue weighted by Gasteiger charge is -2.54. The number of hydrogen-bond donors (Lipinski definition) is 6. The maximum Gasteiger partial charge on any atom is 0.152 e. The number of hydrogen-bond acceptors (Lipinski definition) is 7. The Morgan fingerprint density at radius 3 is 1.25 bits per heavy atom. The summed E-state index contributed by atoms with van der Waals surface area (Å²) in [7, 11) is 0. The van der Waals surface area contributed by atoms with Crippen LogP contribution in [0.1, 0.15) is 212 Å². The Bertz CT molecular complexity index is 1570. The lowest BCUT2D eigenvalue weighted by Crippen LogP contribution is -2.67. The Morgan fingerprint density at radius 1 is 0.593 bits per heavy atom. The van der Waals surface area contributed by atoms with Crippen LogP contribution in [0.4, 0.5) is 11.4 Å². The van der Waals surface area contributed by atoms with Gasteiger partial charge in [-0.25, -0.2) is 0 Å². The second kappa shape index (κ2) is 19.5. The van der Waals surface area contributed by atoms with Gasteiger partial charge in [-0.3, -0.25) is 0 Å². The second-order valence-electron chi connectivity index (χ2n) is 21.6. The van der Waals surface area contributed by atoms with Gasteiger partial charge in [-0.05, 0) is 137 Å². The monoisotopic (exact) mass is 835 g/mol. The molecule has 0 radical (unpaired) electrons. The number of phenols is 2. The van der Waals surface area contributed by atoms with Crippen LogP contribution in [0.3, 0.4) is 0 Å². The molecular weight excluding hydrogens is 745 g/mol. The van der Waals surface area contributed by atoms with Crippen LogP contribution in [0.5, 0.6) is 11.5 Å². The number of anilines is 2. The maximum atomic E-state index is 12.4. The van der Waals surface area contributed by atoms with Gasteiger partial charge in [0.1, 0.15) is 0 Å². The molecule has 0 amide bonds. The third-order valence-electron chi connectivity index (χ3n) is 16.2. The van der Waals surface area contributed by atoms with Crippen molar-refractivity contribution in [3.63, 3.8) is 0 Å². The van der Waals surface area contributed by atoms with Crippen LogP contribution in [0.15, 0.2) is 34.1 Å². The third-order valence-corrected chi connectivity index (χ3v) is 17.2. The SMILES string of the molecule is CCCCCC(C)(C)c1cc(NC2CC(C)(CC)NC(C)(CC)C2C)c(O)c(Sc2cc(C(C)(C)CCCCC)cc(NC3CC(C)(CC)NC(C)(CC)C3C)c2O)c1. The van der Waals surface area contributed by atoms with Gasteiger partial charge in [0.25, 0.3) is 0 Å². The molecule has 2 aliphatic rings. The molecule has 8 unspecified atom stereocenters. The molecule has 0 aliphatic carbocycles. The summed E-state index contributed by atoms with van der Waals surface area (Å²) >= 11 is 1.52. The number of unbranched alkanes of at least 4 members (excludes halogenated alkanes) is 4. The first-order valence-corrected chi connectivity index (χ1v) is 24.8. The number of nitrogens with one attached hydrogen (secondary N) is 4. The number of phenolic OH excluding ortho intramolecular Hbond substituents is 2. The van der Waals surface area contributed by atoms with Gasteiger partial charge in [0, 0.05) is 34.2 Å². The minimum absolute atomic E-state index is 0.00619. The van der Waals surface area contributed by atoms with Gasteiger partial charge in [-0.1, -0.05) is 133 Å². The minimum Gasteiger partial charge on any atom is -0.505 e. The highest BCUT2D eigenvalue weighted by molar-refractivity contribution is 7.99. The van der Waals surface area contributed by atoms with E-state index in [1.165, 1.54) is 61.4 Å². The van der Waals surface area contributed by atoms with Crippen LogP contribution in [0, 0.1) is 11.8 Å². The molecule has 59 heavy (non-hydrogen) atoms. The largest absolute Gasteiger partial charge is 0.505 e. The van der Waals surface area contributed by atoms with Crippen LogP contribution in [-0.2, 0) is 10.8 Å². The Morgan fingerprint density at radius 2 is 0.949 bits per heavy atom. The van der Waals surface area contributed by atoms with Crippen molar-refractivity contribution >= 4 is 23.1 Å². The molecule has 336 valence electrons. The van der Waals surface area contributed by atoms with Crippen molar-refractivity contribution < 1.29 is 10.2 Å². The summed E-state index contributed by atoms with van der Waals surface area (Å²) in [6.07, 6.45) is 15.4. The molecule has 8 atom stereocenters. The number of piperidine rings is 2. The zero-order valence-electron chi connectivity index (χ0n) is 40.8. The average Bonchev–Trinajstić information content (AvgIpc) is 3.18. The van der Waals surface area contributed by atoms with E-state index in [1.54, 1.807) is 0 Å². The normalized spacial score (nSPS) is 30.4. The topological polar surface area (TPSA) is 88.6 Å². The number of aromatic hydroxyl groups is 2. The van der Waals surface area contributed by atoms with Crippen molar-refractivity contribution in [3.8, 4) is 11.5 Å². The molecule has 2 fully saturated rings. The van der Waals surface area contributed by atoms with Gasteiger partial charge in [-0.15, -0.1) is 0 Å². The third kappa shape index (κ3) is 11.3. The summed E-state index contributed by atoms with van der Waals surface area (Å²) < 4.78 is 0. The molecule has 2 saturated heterocycles. The van der Waals surface area contributed by atoms with Gasteiger partial charge >= 0.3 is 0 Å². The molecule has 0 spiro atoms. The quantitative estimate of drug-likeness (QED) is 0.0585. The van der Waals surface area contributed by atoms with Gasteiger partial charge in [0.15, 0.2) is 11.5 Å². The summed E-state index contributed by atoms with van der Waals surface area (Å²) in [5.74, 6) is 1.23. The summed E-state index contributed by atoms with van der Waals surface area (Å²) in [5, 5.41) is 40.9. The smallest absolute Gasteiger partial charge is 0.152 e. The molecule has 6 N–H and O–H groups in total. The van der Waals surface area contributed by atoms with Crippen LogP contribution in [0.2, 0.25) is 0 Å². The standard InChI is InChI=1S/C52H90N4O2S/c1-17-23-25-27-47(9,10)37-29-39(53-41-33-49(13,19-3)55-51(15,21-5)35(41)7)45(57)43(31-37)59-44-32-38(48(11,12)28-26-24-18-2)30-40(46(44)58)54-42-34-50(14,20-4)56-52(16,22-6)36(42)8/h29-32,35-36,41-42,53-58H,17-28,33-34H2,1-16H3. The van der Waals surface area contributed by atoms with Crippen molar-refractivity contribution in [1.29, 1.82) is 0 Å². The highest BCUT2D eigenvalue weighted by Gasteiger charge is 2.48. The van der Waals surface area contributed by atoms with Crippen LogP contribution in [0.25, 0.3) is 0 Å². The Hall–Kier alpha value is -2.09. The van der Waals surface area contributed by atoms with E-state index in [9.17, 15) is 10.2 Å². The van der Waals surface area contributed by atoms with E-state index in [4.69, 9.17) is 0 Å². The van der Waals surface area contributed by atoms with E-state index in [1.807, 2.05) is 0 Å². The van der Waals surface area contributed by atoms with Gasteiger partial charge in [0.05, 0.1) is 21.2 Å². The molecule has 2 aromatic rings. The van der Waals surface area contributed by atoms with E-state index in [-0.39, 0.29) is 56.6 Å². The minimum atomic E-state index is -0.0922. The zero-order valence-corrected chi connectivity index (χ0v) is 41.6.